The van der Waals surface area contributed by atoms with E-state index in [1.165, 1.54) is 11.3 Å². The number of rotatable bonds is 3. The zero-order valence-electron chi connectivity index (χ0n) is 8.93. The maximum atomic E-state index is 11.8. The van der Waals surface area contributed by atoms with E-state index in [2.05, 4.69) is 17.2 Å². The van der Waals surface area contributed by atoms with Crippen LogP contribution in [-0.2, 0) is 6.42 Å². The average molecular weight is 232 g/mol. The molecule has 1 amide bonds. The fourth-order valence-corrected chi connectivity index (χ4v) is 1.99. The van der Waals surface area contributed by atoms with Crippen molar-refractivity contribution in [3.63, 3.8) is 0 Å². The van der Waals surface area contributed by atoms with Gasteiger partial charge in [0.15, 0.2) is 0 Å². The third-order valence-corrected chi connectivity index (χ3v) is 2.90. The summed E-state index contributed by atoms with van der Waals surface area (Å²) in [6.45, 7) is 2.06. The summed E-state index contributed by atoms with van der Waals surface area (Å²) in [5.74, 6) is -0.151. The summed E-state index contributed by atoms with van der Waals surface area (Å²) >= 11 is 1.42. The summed E-state index contributed by atoms with van der Waals surface area (Å²) in [5.41, 5.74) is 4.12. The number of hydrogen-bond donors (Lipinski definition) is 1. The summed E-state index contributed by atoms with van der Waals surface area (Å²) < 4.78 is 0. The third kappa shape index (κ3) is 2.28. The Kier molecular flexibility index (Phi) is 3.31. The van der Waals surface area contributed by atoms with Crippen LogP contribution in [0.1, 0.15) is 23.0 Å². The van der Waals surface area contributed by atoms with Crippen LogP contribution in [0.15, 0.2) is 35.2 Å². The highest BCUT2D eigenvalue weighted by atomic mass is 32.1. The standard InChI is InChI=1S/C12H12N2OS/c1-2-9-5-3-4-6-10(9)14-12(15)11-7-16-8-13-11/h3-8H,2H2,1H3,(H,14,15). The Hall–Kier alpha value is -1.68. The molecule has 0 spiro atoms. The first-order chi connectivity index (χ1) is 7.81. The molecule has 0 saturated carbocycles. The molecule has 2 aromatic rings. The van der Waals surface area contributed by atoms with Gasteiger partial charge in [0.25, 0.3) is 5.91 Å². The molecule has 0 atom stereocenters. The number of nitrogens with zero attached hydrogens (tertiary/aromatic N) is 1. The van der Waals surface area contributed by atoms with Crippen LogP contribution in [0.5, 0.6) is 0 Å². The minimum absolute atomic E-state index is 0.151. The minimum atomic E-state index is -0.151. The van der Waals surface area contributed by atoms with Crippen molar-refractivity contribution in [1.29, 1.82) is 0 Å². The quantitative estimate of drug-likeness (QED) is 0.884. The third-order valence-electron chi connectivity index (χ3n) is 2.31. The van der Waals surface area contributed by atoms with Gasteiger partial charge < -0.3 is 5.32 Å². The van der Waals surface area contributed by atoms with E-state index < -0.39 is 0 Å². The molecule has 0 saturated heterocycles. The highest BCUT2D eigenvalue weighted by molar-refractivity contribution is 7.07. The molecule has 1 aromatic heterocycles. The Bertz CT molecular complexity index is 480. The van der Waals surface area contributed by atoms with E-state index in [1.807, 2.05) is 24.3 Å². The van der Waals surface area contributed by atoms with Crippen molar-refractivity contribution in [2.24, 2.45) is 0 Å². The zero-order chi connectivity index (χ0) is 11.4. The van der Waals surface area contributed by atoms with Crippen LogP contribution in [0.25, 0.3) is 0 Å². The number of aromatic nitrogens is 1. The summed E-state index contributed by atoms with van der Waals surface area (Å²) in [6, 6.07) is 7.80. The summed E-state index contributed by atoms with van der Waals surface area (Å²) in [7, 11) is 0. The lowest BCUT2D eigenvalue weighted by Gasteiger charge is -2.07. The van der Waals surface area contributed by atoms with Crippen molar-refractivity contribution in [2.75, 3.05) is 5.32 Å². The maximum Gasteiger partial charge on any atom is 0.275 e. The summed E-state index contributed by atoms with van der Waals surface area (Å²) in [5, 5.41) is 4.61. The number of benzene rings is 1. The molecule has 3 nitrogen and oxygen atoms in total. The molecule has 0 aliphatic carbocycles. The molecule has 0 radical (unpaired) electrons. The molecule has 2 rings (SSSR count). The lowest BCUT2D eigenvalue weighted by molar-refractivity contribution is 0.102. The Morgan fingerprint density at radius 1 is 1.44 bits per heavy atom. The number of aryl methyl sites for hydroxylation is 1. The molecule has 0 fully saturated rings. The van der Waals surface area contributed by atoms with Gasteiger partial charge in [-0.1, -0.05) is 25.1 Å². The summed E-state index contributed by atoms with van der Waals surface area (Å²) in [4.78, 5) is 15.8. The topological polar surface area (TPSA) is 42.0 Å². The fraction of sp³-hybridized carbons (Fsp3) is 0.167. The zero-order valence-corrected chi connectivity index (χ0v) is 9.75. The molecule has 1 aromatic carbocycles. The fourth-order valence-electron chi connectivity index (χ4n) is 1.46. The summed E-state index contributed by atoms with van der Waals surface area (Å²) in [6.07, 6.45) is 0.896. The second-order valence-corrected chi connectivity index (χ2v) is 4.06. The molecule has 1 heterocycles. The monoisotopic (exact) mass is 232 g/mol. The van der Waals surface area contributed by atoms with Crippen LogP contribution >= 0.6 is 11.3 Å². The second-order valence-electron chi connectivity index (χ2n) is 3.34. The molecular weight excluding hydrogens is 220 g/mol. The molecule has 4 heteroatoms. The van der Waals surface area contributed by atoms with Gasteiger partial charge in [0.2, 0.25) is 0 Å². The van der Waals surface area contributed by atoms with Crippen molar-refractivity contribution < 1.29 is 4.79 Å². The van der Waals surface area contributed by atoms with E-state index in [9.17, 15) is 4.79 Å². The van der Waals surface area contributed by atoms with Crippen molar-refractivity contribution in [2.45, 2.75) is 13.3 Å². The van der Waals surface area contributed by atoms with Gasteiger partial charge in [-0.3, -0.25) is 4.79 Å². The molecule has 0 aliphatic heterocycles. The van der Waals surface area contributed by atoms with E-state index in [0.717, 1.165) is 17.7 Å². The van der Waals surface area contributed by atoms with Crippen LogP contribution in [0, 0.1) is 0 Å². The molecular formula is C12H12N2OS. The van der Waals surface area contributed by atoms with Gasteiger partial charge >= 0.3 is 0 Å². The maximum absolute atomic E-state index is 11.8. The number of para-hydroxylation sites is 1. The van der Waals surface area contributed by atoms with Crippen molar-refractivity contribution >= 4 is 22.9 Å². The molecule has 1 N–H and O–H groups in total. The van der Waals surface area contributed by atoms with Crippen LogP contribution < -0.4 is 5.32 Å². The first-order valence-corrected chi connectivity index (χ1v) is 6.03. The number of nitrogens with one attached hydrogen (secondary N) is 1. The number of amides is 1. The SMILES string of the molecule is CCc1ccccc1NC(=O)c1cscn1. The van der Waals surface area contributed by atoms with E-state index in [-0.39, 0.29) is 5.91 Å². The van der Waals surface area contributed by atoms with E-state index in [1.54, 1.807) is 10.9 Å². The van der Waals surface area contributed by atoms with Crippen LogP contribution in [0.3, 0.4) is 0 Å². The first-order valence-electron chi connectivity index (χ1n) is 5.08. The van der Waals surface area contributed by atoms with Crippen molar-refractivity contribution in [3.8, 4) is 0 Å². The van der Waals surface area contributed by atoms with E-state index in [0.29, 0.717) is 5.69 Å². The Balaban J connectivity index is 2.18. The number of carbonyl (C=O) groups is 1. The molecule has 16 heavy (non-hydrogen) atoms. The molecule has 82 valence electrons. The van der Waals surface area contributed by atoms with Crippen LogP contribution in [0.4, 0.5) is 5.69 Å². The van der Waals surface area contributed by atoms with Gasteiger partial charge in [0.05, 0.1) is 5.51 Å². The van der Waals surface area contributed by atoms with Crippen LogP contribution in [-0.4, -0.2) is 10.9 Å². The number of carbonyl (C=O) groups excluding carboxylic acids is 1. The van der Waals surface area contributed by atoms with Gasteiger partial charge in [0, 0.05) is 11.1 Å². The number of hydrogen-bond acceptors (Lipinski definition) is 3. The minimum Gasteiger partial charge on any atom is -0.320 e. The average Bonchev–Trinajstić information content (AvgIpc) is 2.83. The van der Waals surface area contributed by atoms with Crippen molar-refractivity contribution in [3.05, 3.63) is 46.4 Å². The van der Waals surface area contributed by atoms with Gasteiger partial charge in [0.1, 0.15) is 5.69 Å². The van der Waals surface area contributed by atoms with Crippen LogP contribution in [0.2, 0.25) is 0 Å². The van der Waals surface area contributed by atoms with Crippen molar-refractivity contribution in [1.82, 2.24) is 4.98 Å². The number of thiazole rings is 1. The van der Waals surface area contributed by atoms with Gasteiger partial charge in [-0.15, -0.1) is 11.3 Å². The molecule has 0 unspecified atom stereocenters. The van der Waals surface area contributed by atoms with Gasteiger partial charge in [-0.25, -0.2) is 4.98 Å². The highest BCUT2D eigenvalue weighted by Gasteiger charge is 2.09. The van der Waals surface area contributed by atoms with Gasteiger partial charge in [-0.2, -0.15) is 0 Å². The van der Waals surface area contributed by atoms with E-state index in [4.69, 9.17) is 0 Å². The largest absolute Gasteiger partial charge is 0.320 e. The lowest BCUT2D eigenvalue weighted by atomic mass is 10.1. The van der Waals surface area contributed by atoms with Gasteiger partial charge in [-0.05, 0) is 18.1 Å². The normalized spacial score (nSPS) is 10.1. The Morgan fingerprint density at radius 3 is 2.94 bits per heavy atom. The number of anilines is 1. The Morgan fingerprint density at radius 2 is 2.25 bits per heavy atom. The lowest BCUT2D eigenvalue weighted by Crippen LogP contribution is -2.13. The smallest absolute Gasteiger partial charge is 0.275 e. The Labute approximate surface area is 98.2 Å². The van der Waals surface area contributed by atoms with E-state index >= 15 is 0 Å². The second kappa shape index (κ2) is 4.90. The molecule has 0 bridgehead atoms. The highest BCUT2D eigenvalue weighted by Crippen LogP contribution is 2.16. The predicted octanol–water partition coefficient (Wildman–Crippen LogP) is 2.96. The predicted molar refractivity (Wildman–Crippen MR) is 65.9 cm³/mol. The first kappa shape index (κ1) is 10.8. The molecule has 0 aliphatic rings.